The van der Waals surface area contributed by atoms with Gasteiger partial charge >= 0.3 is 0 Å². The lowest BCUT2D eigenvalue weighted by Crippen LogP contribution is -2.48. The molecule has 1 aromatic heterocycles. The highest BCUT2D eigenvalue weighted by molar-refractivity contribution is 5.37. The van der Waals surface area contributed by atoms with E-state index in [1.54, 1.807) is 20.3 Å². The molecule has 3 heterocycles. The van der Waals surface area contributed by atoms with Crippen molar-refractivity contribution in [1.29, 1.82) is 0 Å². The Labute approximate surface area is 143 Å². The number of hydrogen-bond donors (Lipinski definition) is 0. The van der Waals surface area contributed by atoms with E-state index in [0.29, 0.717) is 29.7 Å². The second kappa shape index (κ2) is 7.98. The average Bonchev–Trinajstić information content (AvgIpc) is 2.67. The van der Waals surface area contributed by atoms with Crippen LogP contribution in [0, 0.1) is 5.92 Å². The molecule has 0 radical (unpaired) electrons. The Morgan fingerprint density at radius 1 is 1.04 bits per heavy atom. The number of nitrogens with zero attached hydrogens (tertiary/aromatic N) is 4. The van der Waals surface area contributed by atoms with Gasteiger partial charge in [0.05, 0.1) is 33.5 Å². The quantitative estimate of drug-likeness (QED) is 0.806. The first-order valence-corrected chi connectivity index (χ1v) is 8.75. The summed E-state index contributed by atoms with van der Waals surface area (Å²) >= 11 is 0. The first kappa shape index (κ1) is 17.2. The lowest BCUT2D eigenvalue weighted by molar-refractivity contribution is 0.00446. The number of piperidine rings is 1. The molecular weight excluding hydrogens is 308 g/mol. The second-order valence-electron chi connectivity index (χ2n) is 6.47. The van der Waals surface area contributed by atoms with E-state index in [9.17, 15) is 0 Å². The van der Waals surface area contributed by atoms with E-state index in [1.165, 1.54) is 0 Å². The van der Waals surface area contributed by atoms with Crippen molar-refractivity contribution in [2.45, 2.75) is 25.8 Å². The number of morpholine rings is 1. The maximum absolute atomic E-state index is 5.47. The van der Waals surface area contributed by atoms with Gasteiger partial charge < -0.3 is 19.1 Å². The van der Waals surface area contributed by atoms with Gasteiger partial charge in [-0.05, 0) is 25.7 Å². The molecule has 0 aliphatic carbocycles. The van der Waals surface area contributed by atoms with Gasteiger partial charge in [-0.15, -0.1) is 0 Å². The normalized spacial score (nSPS) is 21.5. The maximum atomic E-state index is 5.47. The van der Waals surface area contributed by atoms with Gasteiger partial charge in [-0.3, -0.25) is 4.90 Å². The molecule has 3 rings (SSSR count). The highest BCUT2D eigenvalue weighted by Gasteiger charge is 2.29. The fourth-order valence-corrected chi connectivity index (χ4v) is 3.61. The summed E-state index contributed by atoms with van der Waals surface area (Å²) in [5, 5.41) is 0. The smallest absolute Gasteiger partial charge is 0.231 e. The lowest BCUT2D eigenvalue weighted by Gasteiger charge is -2.41. The van der Waals surface area contributed by atoms with Crippen molar-refractivity contribution in [1.82, 2.24) is 14.9 Å². The predicted molar refractivity (Wildman–Crippen MR) is 91.9 cm³/mol. The molecule has 7 nitrogen and oxygen atoms in total. The summed E-state index contributed by atoms with van der Waals surface area (Å²) in [4.78, 5) is 13.7. The van der Waals surface area contributed by atoms with Crippen molar-refractivity contribution in [2.75, 3.05) is 58.5 Å². The summed E-state index contributed by atoms with van der Waals surface area (Å²) in [6.45, 7) is 8.12. The minimum absolute atomic E-state index is 0.542. The molecule has 2 saturated heterocycles. The van der Waals surface area contributed by atoms with Gasteiger partial charge in [0, 0.05) is 32.2 Å². The van der Waals surface area contributed by atoms with Crippen LogP contribution < -0.4 is 14.4 Å². The van der Waals surface area contributed by atoms with Crippen molar-refractivity contribution in [3.05, 3.63) is 6.07 Å². The van der Waals surface area contributed by atoms with Crippen LogP contribution in [0.25, 0.3) is 0 Å². The Morgan fingerprint density at radius 2 is 1.62 bits per heavy atom. The van der Waals surface area contributed by atoms with Crippen molar-refractivity contribution in [2.24, 2.45) is 5.92 Å². The largest absolute Gasteiger partial charge is 0.481 e. The van der Waals surface area contributed by atoms with Gasteiger partial charge in [0.1, 0.15) is 0 Å². The molecule has 2 aliphatic rings. The summed E-state index contributed by atoms with van der Waals surface area (Å²) in [6.07, 6.45) is 2.31. The Hall–Kier alpha value is -1.60. The SMILES string of the molecule is COc1cc(OC)nc(N2CCC([C@H](C)N3CCOCC3)CC2)n1. The molecule has 0 N–H and O–H groups in total. The monoisotopic (exact) mass is 336 g/mol. The van der Waals surface area contributed by atoms with Gasteiger partial charge in [-0.1, -0.05) is 0 Å². The molecule has 7 heteroatoms. The van der Waals surface area contributed by atoms with Crippen LogP contribution >= 0.6 is 0 Å². The fourth-order valence-electron chi connectivity index (χ4n) is 3.61. The van der Waals surface area contributed by atoms with E-state index in [4.69, 9.17) is 14.2 Å². The first-order valence-electron chi connectivity index (χ1n) is 8.75. The minimum Gasteiger partial charge on any atom is -0.481 e. The van der Waals surface area contributed by atoms with E-state index in [-0.39, 0.29) is 0 Å². The standard InChI is InChI=1S/C17H28N4O3/c1-13(20-8-10-24-11-9-20)14-4-6-21(7-5-14)17-18-15(22-2)12-16(19-17)23-3/h12-14H,4-11H2,1-3H3/t13-/m0/s1. The van der Waals surface area contributed by atoms with Crippen molar-refractivity contribution in [3.8, 4) is 11.8 Å². The Kier molecular flexibility index (Phi) is 5.73. The number of aromatic nitrogens is 2. The number of methoxy groups -OCH3 is 2. The van der Waals surface area contributed by atoms with Crippen molar-refractivity contribution >= 4 is 5.95 Å². The number of ether oxygens (including phenoxy) is 3. The second-order valence-corrected chi connectivity index (χ2v) is 6.47. The van der Waals surface area contributed by atoms with Crippen LogP contribution in [0.4, 0.5) is 5.95 Å². The van der Waals surface area contributed by atoms with Crippen LogP contribution in [0.3, 0.4) is 0 Å². The van der Waals surface area contributed by atoms with Crippen LogP contribution in [-0.4, -0.2) is 74.5 Å². The predicted octanol–water partition coefficient (Wildman–Crippen LogP) is 1.43. The summed E-state index contributed by atoms with van der Waals surface area (Å²) < 4.78 is 16.0. The molecule has 1 atom stereocenters. The molecule has 0 bridgehead atoms. The number of hydrogen-bond acceptors (Lipinski definition) is 7. The molecule has 0 spiro atoms. The Morgan fingerprint density at radius 3 is 2.17 bits per heavy atom. The van der Waals surface area contributed by atoms with Gasteiger partial charge in [0.25, 0.3) is 0 Å². The summed E-state index contributed by atoms with van der Waals surface area (Å²) in [5.74, 6) is 2.50. The lowest BCUT2D eigenvalue weighted by atomic mass is 9.89. The maximum Gasteiger partial charge on any atom is 0.231 e. The molecule has 0 unspecified atom stereocenters. The minimum atomic E-state index is 0.542. The number of anilines is 1. The summed E-state index contributed by atoms with van der Waals surface area (Å²) in [5.41, 5.74) is 0. The summed E-state index contributed by atoms with van der Waals surface area (Å²) in [7, 11) is 3.23. The molecule has 134 valence electrons. The van der Waals surface area contributed by atoms with Crippen LogP contribution in [0.1, 0.15) is 19.8 Å². The number of rotatable bonds is 5. The third kappa shape index (κ3) is 3.89. The third-order valence-corrected chi connectivity index (χ3v) is 5.21. The van der Waals surface area contributed by atoms with E-state index in [1.807, 2.05) is 0 Å². The van der Waals surface area contributed by atoms with Crippen LogP contribution in [0.5, 0.6) is 11.8 Å². The first-order chi connectivity index (χ1) is 11.7. The molecule has 2 fully saturated rings. The third-order valence-electron chi connectivity index (χ3n) is 5.21. The molecular formula is C17H28N4O3. The zero-order chi connectivity index (χ0) is 16.9. The topological polar surface area (TPSA) is 60.0 Å². The van der Waals surface area contributed by atoms with E-state index in [0.717, 1.165) is 52.2 Å². The molecule has 0 amide bonds. The van der Waals surface area contributed by atoms with Gasteiger partial charge in [-0.2, -0.15) is 9.97 Å². The van der Waals surface area contributed by atoms with E-state index in [2.05, 4.69) is 26.7 Å². The van der Waals surface area contributed by atoms with Crippen LogP contribution in [-0.2, 0) is 4.74 Å². The van der Waals surface area contributed by atoms with E-state index < -0.39 is 0 Å². The van der Waals surface area contributed by atoms with Crippen molar-refractivity contribution in [3.63, 3.8) is 0 Å². The van der Waals surface area contributed by atoms with E-state index >= 15 is 0 Å². The van der Waals surface area contributed by atoms with Crippen LogP contribution in [0.2, 0.25) is 0 Å². The van der Waals surface area contributed by atoms with Gasteiger partial charge in [0.15, 0.2) is 0 Å². The molecule has 0 saturated carbocycles. The molecule has 1 aromatic rings. The van der Waals surface area contributed by atoms with Gasteiger partial charge in [0.2, 0.25) is 17.7 Å². The summed E-state index contributed by atoms with van der Waals surface area (Å²) in [6, 6.07) is 2.31. The zero-order valence-electron chi connectivity index (χ0n) is 14.9. The Balaban J connectivity index is 1.60. The molecule has 0 aromatic carbocycles. The molecule has 2 aliphatic heterocycles. The highest BCUT2D eigenvalue weighted by Crippen LogP contribution is 2.28. The Bertz CT molecular complexity index is 506. The average molecular weight is 336 g/mol. The van der Waals surface area contributed by atoms with Gasteiger partial charge in [-0.25, -0.2) is 0 Å². The molecule has 24 heavy (non-hydrogen) atoms. The van der Waals surface area contributed by atoms with Crippen LogP contribution in [0.15, 0.2) is 6.07 Å². The highest BCUT2D eigenvalue weighted by atomic mass is 16.5. The zero-order valence-corrected chi connectivity index (χ0v) is 14.9. The fraction of sp³-hybridized carbons (Fsp3) is 0.765. The van der Waals surface area contributed by atoms with Crippen molar-refractivity contribution < 1.29 is 14.2 Å².